The Kier molecular flexibility index (Phi) is 6.79. The zero-order chi connectivity index (χ0) is 26.1. The molecule has 0 radical (unpaired) electrons. The minimum Gasteiger partial charge on any atom is -0.497 e. The number of aromatic nitrogens is 1. The first-order valence-corrected chi connectivity index (χ1v) is 13.0. The van der Waals surface area contributed by atoms with Crippen molar-refractivity contribution in [3.8, 4) is 28.5 Å². The third-order valence-corrected chi connectivity index (χ3v) is 7.17. The van der Waals surface area contributed by atoms with Crippen molar-refractivity contribution in [3.05, 3.63) is 82.9 Å². The average Bonchev–Trinajstić information content (AvgIpc) is 3.64. The Hall–Kier alpha value is -3.81. The summed E-state index contributed by atoms with van der Waals surface area (Å²) in [6, 6.07) is 20.8. The lowest BCUT2D eigenvalue weighted by atomic mass is 10.0. The number of ether oxygens (including phenoxy) is 4. The van der Waals surface area contributed by atoms with Crippen LogP contribution in [0.2, 0.25) is 5.02 Å². The highest BCUT2D eigenvalue weighted by atomic mass is 35.5. The maximum absolute atomic E-state index is 13.9. The molecule has 0 aliphatic carbocycles. The van der Waals surface area contributed by atoms with Gasteiger partial charge in [0.1, 0.15) is 5.75 Å². The highest BCUT2D eigenvalue weighted by molar-refractivity contribution is 6.31. The van der Waals surface area contributed by atoms with Gasteiger partial charge in [-0.15, -0.1) is 0 Å². The molecule has 3 heterocycles. The molecule has 6 rings (SSSR count). The lowest BCUT2D eigenvalue weighted by molar-refractivity contribution is 0.0507. The highest BCUT2D eigenvalue weighted by Crippen LogP contribution is 2.34. The molecule has 2 aliphatic heterocycles. The molecular weight excluding hydrogens is 504 g/mol. The quantitative estimate of drug-likeness (QED) is 0.287. The van der Waals surface area contributed by atoms with Gasteiger partial charge < -0.3 is 23.8 Å². The fourth-order valence-electron chi connectivity index (χ4n) is 4.97. The van der Waals surface area contributed by atoms with Gasteiger partial charge in [-0.25, -0.2) is 4.98 Å². The molecule has 0 spiro atoms. The Morgan fingerprint density at radius 1 is 1.05 bits per heavy atom. The van der Waals surface area contributed by atoms with Gasteiger partial charge in [-0.2, -0.15) is 0 Å². The molecular formula is C30H27ClN2O5. The van der Waals surface area contributed by atoms with Crippen LogP contribution in [-0.2, 0) is 11.3 Å². The third kappa shape index (κ3) is 4.99. The zero-order valence-electron chi connectivity index (χ0n) is 21.0. The molecule has 0 bridgehead atoms. The summed E-state index contributed by atoms with van der Waals surface area (Å²) in [5.74, 6) is 1.88. The van der Waals surface area contributed by atoms with E-state index in [9.17, 15) is 4.79 Å². The Bertz CT molecular complexity index is 1480. The number of carbonyl (C=O) groups excluding carboxylic acids is 1. The fourth-order valence-corrected chi connectivity index (χ4v) is 5.14. The van der Waals surface area contributed by atoms with Crippen LogP contribution < -0.4 is 14.2 Å². The van der Waals surface area contributed by atoms with E-state index in [4.69, 9.17) is 35.5 Å². The van der Waals surface area contributed by atoms with Crippen molar-refractivity contribution in [1.82, 2.24) is 9.88 Å². The monoisotopic (exact) mass is 530 g/mol. The van der Waals surface area contributed by atoms with Crippen molar-refractivity contribution in [2.75, 3.05) is 27.1 Å². The topological polar surface area (TPSA) is 70.1 Å². The molecule has 1 saturated heterocycles. The predicted molar refractivity (Wildman–Crippen MR) is 145 cm³/mol. The normalized spacial score (nSPS) is 16.1. The van der Waals surface area contributed by atoms with E-state index in [1.165, 1.54) is 0 Å². The van der Waals surface area contributed by atoms with Crippen LogP contribution in [0.5, 0.6) is 17.2 Å². The number of benzene rings is 3. The number of hydrogen-bond acceptors (Lipinski definition) is 6. The maximum Gasteiger partial charge on any atom is 0.254 e. The van der Waals surface area contributed by atoms with Crippen LogP contribution in [0.1, 0.15) is 28.8 Å². The highest BCUT2D eigenvalue weighted by Gasteiger charge is 2.26. The largest absolute Gasteiger partial charge is 0.497 e. The number of carbonyl (C=O) groups is 1. The summed E-state index contributed by atoms with van der Waals surface area (Å²) in [7, 11) is 1.64. The van der Waals surface area contributed by atoms with Gasteiger partial charge in [-0.3, -0.25) is 4.79 Å². The molecule has 1 atom stereocenters. The summed E-state index contributed by atoms with van der Waals surface area (Å²) in [6.45, 7) is 1.71. The summed E-state index contributed by atoms with van der Waals surface area (Å²) in [5, 5.41) is 1.57. The summed E-state index contributed by atoms with van der Waals surface area (Å²) < 4.78 is 22.2. The summed E-state index contributed by atoms with van der Waals surface area (Å²) in [5.41, 5.74) is 3.98. The molecule has 194 valence electrons. The number of fused-ring (bicyclic) bond motifs is 2. The van der Waals surface area contributed by atoms with Gasteiger partial charge in [0.2, 0.25) is 6.79 Å². The van der Waals surface area contributed by atoms with Crippen LogP contribution in [0.25, 0.3) is 22.2 Å². The molecule has 4 aromatic rings. The van der Waals surface area contributed by atoms with Crippen LogP contribution in [0.3, 0.4) is 0 Å². The minimum absolute atomic E-state index is 0.00961. The van der Waals surface area contributed by atoms with E-state index in [0.717, 1.165) is 46.3 Å². The Balaban J connectivity index is 1.41. The molecule has 3 aromatic carbocycles. The molecule has 1 amide bonds. The number of pyridine rings is 1. The van der Waals surface area contributed by atoms with Gasteiger partial charge >= 0.3 is 0 Å². The van der Waals surface area contributed by atoms with Gasteiger partial charge in [0, 0.05) is 41.2 Å². The van der Waals surface area contributed by atoms with Crippen molar-refractivity contribution in [2.45, 2.75) is 25.5 Å². The average molecular weight is 531 g/mol. The number of nitrogens with zero attached hydrogens (tertiary/aromatic N) is 2. The Morgan fingerprint density at radius 2 is 1.89 bits per heavy atom. The van der Waals surface area contributed by atoms with Crippen molar-refractivity contribution in [1.29, 1.82) is 0 Å². The van der Waals surface area contributed by atoms with E-state index in [1.54, 1.807) is 25.3 Å². The summed E-state index contributed by atoms with van der Waals surface area (Å²) in [6.07, 6.45) is 1.90. The van der Waals surface area contributed by atoms with Crippen LogP contribution in [0.4, 0.5) is 0 Å². The molecule has 7 nitrogen and oxygen atoms in total. The van der Waals surface area contributed by atoms with E-state index < -0.39 is 0 Å². The standard InChI is InChI=1S/C30H27ClN2O5/c1-35-24-9-5-19(6-10-24)29-22(13-20-4-8-23(31)15-26(20)32-29)16-33(17-25-3-2-12-36-25)30(34)21-7-11-27-28(14-21)38-18-37-27/h4-11,13-15,25H,2-3,12,16-18H2,1H3/t25-/m1/s1. The summed E-state index contributed by atoms with van der Waals surface area (Å²) >= 11 is 6.28. The van der Waals surface area contributed by atoms with Crippen LogP contribution in [0.15, 0.2) is 66.7 Å². The van der Waals surface area contributed by atoms with E-state index in [2.05, 4.69) is 6.07 Å². The molecule has 2 aliphatic rings. The predicted octanol–water partition coefficient (Wildman–Crippen LogP) is 6.11. The lowest BCUT2D eigenvalue weighted by Crippen LogP contribution is -2.37. The number of amides is 1. The van der Waals surface area contributed by atoms with Crippen molar-refractivity contribution in [3.63, 3.8) is 0 Å². The number of methoxy groups -OCH3 is 1. The molecule has 0 N–H and O–H groups in total. The van der Waals surface area contributed by atoms with Crippen molar-refractivity contribution in [2.24, 2.45) is 0 Å². The fraction of sp³-hybridized carbons (Fsp3) is 0.267. The molecule has 0 unspecified atom stereocenters. The minimum atomic E-state index is -0.101. The van der Waals surface area contributed by atoms with Crippen molar-refractivity contribution < 1.29 is 23.7 Å². The third-order valence-electron chi connectivity index (χ3n) is 6.94. The second-order valence-electron chi connectivity index (χ2n) is 9.45. The second-order valence-corrected chi connectivity index (χ2v) is 9.89. The van der Waals surface area contributed by atoms with Gasteiger partial charge in [0.15, 0.2) is 11.5 Å². The molecule has 1 aromatic heterocycles. The lowest BCUT2D eigenvalue weighted by Gasteiger charge is -2.27. The Morgan fingerprint density at radius 3 is 2.68 bits per heavy atom. The van der Waals surface area contributed by atoms with Crippen molar-refractivity contribution >= 4 is 28.4 Å². The van der Waals surface area contributed by atoms with Gasteiger partial charge in [0.05, 0.1) is 24.4 Å². The zero-order valence-corrected chi connectivity index (χ0v) is 21.7. The molecule has 38 heavy (non-hydrogen) atoms. The first-order chi connectivity index (χ1) is 18.6. The second kappa shape index (κ2) is 10.5. The Labute approximate surface area is 225 Å². The van der Waals surface area contributed by atoms with Gasteiger partial charge in [-0.1, -0.05) is 17.7 Å². The van der Waals surface area contributed by atoms with E-state index in [0.29, 0.717) is 41.8 Å². The van der Waals surface area contributed by atoms with Crippen LogP contribution in [-0.4, -0.2) is 48.9 Å². The number of halogens is 1. The van der Waals surface area contributed by atoms with Crippen LogP contribution in [0, 0.1) is 0 Å². The first-order valence-electron chi connectivity index (χ1n) is 12.6. The number of hydrogen-bond donors (Lipinski definition) is 0. The molecule has 8 heteroatoms. The van der Waals surface area contributed by atoms with Gasteiger partial charge in [-0.05, 0) is 79.1 Å². The maximum atomic E-state index is 13.9. The first kappa shape index (κ1) is 24.5. The SMILES string of the molecule is COc1ccc(-c2nc3cc(Cl)ccc3cc2CN(C[C@H]2CCCO2)C(=O)c2ccc3c(c2)OCO3)cc1. The number of rotatable bonds is 7. The van der Waals surface area contributed by atoms with Gasteiger partial charge in [0.25, 0.3) is 5.91 Å². The van der Waals surface area contributed by atoms with E-state index >= 15 is 0 Å². The molecule has 1 fully saturated rings. The van der Waals surface area contributed by atoms with E-state index in [1.807, 2.05) is 47.4 Å². The van der Waals surface area contributed by atoms with Crippen LogP contribution >= 0.6 is 11.6 Å². The molecule has 0 saturated carbocycles. The summed E-state index contributed by atoms with van der Waals surface area (Å²) in [4.78, 5) is 20.7. The smallest absolute Gasteiger partial charge is 0.254 e. The van der Waals surface area contributed by atoms with E-state index in [-0.39, 0.29) is 18.8 Å².